The Morgan fingerprint density at radius 2 is 1.39 bits per heavy atom. The van der Waals surface area contributed by atoms with Crippen LogP contribution in [-0.4, -0.2) is 79.1 Å². The third-order valence-corrected chi connectivity index (χ3v) is 6.15. The molecule has 0 heterocycles. The van der Waals surface area contributed by atoms with E-state index in [0.717, 1.165) is 33.2 Å². The third-order valence-electron chi connectivity index (χ3n) is 6.15. The minimum Gasteiger partial charge on any atom is -0.491 e. The molecule has 0 amide bonds. The van der Waals surface area contributed by atoms with Gasteiger partial charge in [-0.05, 0) is 33.7 Å². The molecule has 1 atom stereocenters. The summed E-state index contributed by atoms with van der Waals surface area (Å²) >= 11 is 0. The quantitative estimate of drug-likeness (QED) is 0.0673. The standard InChI is InChI=1S/C30H38N4O7/c1-36-30(35)22-28(31)24-8-6-23(7-9-24)25-10-11-29(27-5-3-2-4-26(25)27)41-21-20-40-19-18-39-17-16-38-15-14-37-13-12-33-34-32/h2-11,28H,12-22,31H2,1H3/t28-/m0/s1. The van der Waals surface area contributed by atoms with Crippen molar-refractivity contribution in [2.24, 2.45) is 10.8 Å². The lowest BCUT2D eigenvalue weighted by Crippen LogP contribution is -2.16. The fraction of sp³-hybridized carbons (Fsp3) is 0.433. The SMILES string of the molecule is COC(=O)C[C@H](N)c1ccc(-c2ccc(OCCOCCOCCOCCOCCN=[N+]=[N-])c3ccccc23)cc1. The predicted octanol–water partition coefficient (Wildman–Crippen LogP) is 4.83. The number of carbonyl (C=O) groups excluding carboxylic acids is 1. The molecule has 0 radical (unpaired) electrons. The van der Waals surface area contributed by atoms with Crippen molar-refractivity contribution < 1.29 is 33.2 Å². The van der Waals surface area contributed by atoms with Crippen LogP contribution in [0.1, 0.15) is 18.0 Å². The summed E-state index contributed by atoms with van der Waals surface area (Å²) in [6, 6.07) is 19.7. The van der Waals surface area contributed by atoms with E-state index in [1.54, 1.807) is 0 Å². The predicted molar refractivity (Wildman–Crippen MR) is 156 cm³/mol. The molecule has 3 aromatic rings. The van der Waals surface area contributed by atoms with E-state index in [1.807, 2.05) is 54.6 Å². The van der Waals surface area contributed by atoms with E-state index >= 15 is 0 Å². The van der Waals surface area contributed by atoms with Gasteiger partial charge >= 0.3 is 5.97 Å². The van der Waals surface area contributed by atoms with Gasteiger partial charge in [-0.2, -0.15) is 0 Å². The number of rotatable bonds is 20. The number of methoxy groups -OCH3 is 1. The Hall–Kier alpha value is -3.70. The molecule has 3 rings (SSSR count). The lowest BCUT2D eigenvalue weighted by Gasteiger charge is -2.14. The van der Waals surface area contributed by atoms with E-state index in [4.69, 9.17) is 39.7 Å². The minimum absolute atomic E-state index is 0.136. The molecular weight excluding hydrogens is 528 g/mol. The average Bonchev–Trinajstić information content (AvgIpc) is 3.00. The van der Waals surface area contributed by atoms with Crippen LogP contribution < -0.4 is 10.5 Å². The van der Waals surface area contributed by atoms with Gasteiger partial charge in [-0.1, -0.05) is 59.7 Å². The van der Waals surface area contributed by atoms with E-state index in [9.17, 15) is 4.79 Å². The maximum Gasteiger partial charge on any atom is 0.307 e. The van der Waals surface area contributed by atoms with Crippen molar-refractivity contribution in [1.29, 1.82) is 0 Å². The molecule has 0 bridgehead atoms. The fourth-order valence-electron chi connectivity index (χ4n) is 4.06. The van der Waals surface area contributed by atoms with Crippen molar-refractivity contribution in [3.05, 3.63) is 76.7 Å². The number of carbonyl (C=O) groups is 1. The largest absolute Gasteiger partial charge is 0.491 e. The van der Waals surface area contributed by atoms with Crippen LogP contribution in [0, 0.1) is 0 Å². The zero-order valence-corrected chi connectivity index (χ0v) is 23.4. The van der Waals surface area contributed by atoms with Gasteiger partial charge in [0, 0.05) is 22.9 Å². The average molecular weight is 567 g/mol. The molecule has 0 aliphatic heterocycles. The molecule has 0 aromatic heterocycles. The highest BCUT2D eigenvalue weighted by molar-refractivity contribution is 6.00. The number of hydrogen-bond donors (Lipinski definition) is 1. The van der Waals surface area contributed by atoms with Crippen molar-refractivity contribution in [2.75, 3.05) is 73.1 Å². The molecule has 11 heteroatoms. The van der Waals surface area contributed by atoms with Crippen LogP contribution in [0.15, 0.2) is 65.8 Å². The van der Waals surface area contributed by atoms with Crippen molar-refractivity contribution in [3.8, 4) is 16.9 Å². The van der Waals surface area contributed by atoms with Gasteiger partial charge in [-0.15, -0.1) is 0 Å². The van der Waals surface area contributed by atoms with Crippen LogP contribution in [0.3, 0.4) is 0 Å². The summed E-state index contributed by atoms with van der Waals surface area (Å²) < 4.78 is 32.5. The zero-order valence-electron chi connectivity index (χ0n) is 23.4. The number of azide groups is 1. The third kappa shape index (κ3) is 11.0. The van der Waals surface area contributed by atoms with Crippen molar-refractivity contribution in [3.63, 3.8) is 0 Å². The Morgan fingerprint density at radius 1 is 0.805 bits per heavy atom. The second-order valence-corrected chi connectivity index (χ2v) is 8.92. The lowest BCUT2D eigenvalue weighted by atomic mass is 9.95. The monoisotopic (exact) mass is 566 g/mol. The van der Waals surface area contributed by atoms with E-state index < -0.39 is 6.04 Å². The summed E-state index contributed by atoms with van der Waals surface area (Å²) in [5, 5.41) is 5.47. The van der Waals surface area contributed by atoms with Gasteiger partial charge in [0.15, 0.2) is 0 Å². The van der Waals surface area contributed by atoms with Gasteiger partial charge < -0.3 is 34.2 Å². The summed E-state index contributed by atoms with van der Waals surface area (Å²) in [5.41, 5.74) is 17.3. The molecule has 41 heavy (non-hydrogen) atoms. The molecule has 0 saturated carbocycles. The highest BCUT2D eigenvalue weighted by atomic mass is 16.6. The molecule has 2 N–H and O–H groups in total. The molecule has 0 spiro atoms. The summed E-state index contributed by atoms with van der Waals surface area (Å²) in [6.45, 7) is 4.35. The van der Waals surface area contributed by atoms with Gasteiger partial charge in [-0.25, -0.2) is 0 Å². The van der Waals surface area contributed by atoms with Crippen molar-refractivity contribution in [2.45, 2.75) is 12.5 Å². The van der Waals surface area contributed by atoms with Crippen LogP contribution in [0.5, 0.6) is 5.75 Å². The Labute approximate surface area is 240 Å². The van der Waals surface area contributed by atoms with E-state index in [0.29, 0.717) is 66.0 Å². The van der Waals surface area contributed by atoms with Gasteiger partial charge in [-0.3, -0.25) is 4.79 Å². The van der Waals surface area contributed by atoms with E-state index in [2.05, 4.69) is 16.1 Å². The van der Waals surface area contributed by atoms with Crippen LogP contribution in [0.4, 0.5) is 0 Å². The first-order valence-electron chi connectivity index (χ1n) is 13.5. The molecule has 0 aliphatic rings. The molecular formula is C30H38N4O7. The second kappa shape index (κ2) is 18.6. The van der Waals surface area contributed by atoms with Gasteiger partial charge in [0.1, 0.15) is 12.4 Å². The fourth-order valence-corrected chi connectivity index (χ4v) is 4.06. The van der Waals surface area contributed by atoms with Gasteiger partial charge in [0.25, 0.3) is 0 Å². The first kappa shape index (κ1) is 31.8. The molecule has 0 saturated heterocycles. The maximum atomic E-state index is 11.5. The number of fused-ring (bicyclic) bond motifs is 1. The molecule has 0 aliphatic carbocycles. The Morgan fingerprint density at radius 3 is 2.00 bits per heavy atom. The summed E-state index contributed by atoms with van der Waals surface area (Å²) in [7, 11) is 1.36. The number of esters is 1. The summed E-state index contributed by atoms with van der Waals surface area (Å²) in [4.78, 5) is 14.2. The highest BCUT2D eigenvalue weighted by Gasteiger charge is 2.13. The normalized spacial score (nSPS) is 11.7. The summed E-state index contributed by atoms with van der Waals surface area (Å²) in [5.74, 6) is 0.461. The highest BCUT2D eigenvalue weighted by Crippen LogP contribution is 2.35. The zero-order chi connectivity index (χ0) is 29.1. The van der Waals surface area contributed by atoms with Gasteiger partial charge in [0.2, 0.25) is 0 Å². The van der Waals surface area contributed by atoms with Crippen LogP contribution >= 0.6 is 0 Å². The Kier molecular flexibility index (Phi) is 14.4. The Bertz CT molecular complexity index is 1250. The Balaban J connectivity index is 1.37. The first-order chi connectivity index (χ1) is 20.1. The van der Waals surface area contributed by atoms with E-state index in [1.165, 1.54) is 7.11 Å². The maximum absolute atomic E-state index is 11.5. The minimum atomic E-state index is -0.411. The first-order valence-corrected chi connectivity index (χ1v) is 13.5. The molecule has 0 fully saturated rings. The number of benzene rings is 3. The number of nitrogens with zero attached hydrogens (tertiary/aromatic N) is 3. The second-order valence-electron chi connectivity index (χ2n) is 8.92. The molecule has 0 unspecified atom stereocenters. The number of hydrogen-bond acceptors (Lipinski definition) is 9. The lowest BCUT2D eigenvalue weighted by molar-refractivity contribution is -0.141. The summed E-state index contributed by atoms with van der Waals surface area (Å²) in [6.07, 6.45) is 0.136. The number of ether oxygens (including phenoxy) is 6. The van der Waals surface area contributed by atoms with Gasteiger partial charge in [0.05, 0.1) is 66.4 Å². The van der Waals surface area contributed by atoms with Crippen LogP contribution in [0.2, 0.25) is 0 Å². The smallest absolute Gasteiger partial charge is 0.307 e. The molecule has 220 valence electrons. The molecule has 3 aromatic carbocycles. The van der Waals surface area contributed by atoms with Crippen LogP contribution in [0.25, 0.3) is 32.3 Å². The van der Waals surface area contributed by atoms with Crippen molar-refractivity contribution in [1.82, 2.24) is 0 Å². The number of nitrogens with two attached hydrogens (primary N) is 1. The van der Waals surface area contributed by atoms with E-state index in [-0.39, 0.29) is 12.4 Å². The topological polar surface area (TPSA) is 147 Å². The van der Waals surface area contributed by atoms with Crippen LogP contribution in [-0.2, 0) is 28.5 Å². The van der Waals surface area contributed by atoms with Crippen molar-refractivity contribution >= 4 is 16.7 Å². The molecule has 11 nitrogen and oxygen atoms in total.